The van der Waals surface area contributed by atoms with Crippen LogP contribution in [-0.2, 0) is 13.1 Å². The monoisotopic (exact) mass is 360 g/mol. The van der Waals surface area contributed by atoms with E-state index in [4.69, 9.17) is 0 Å². The van der Waals surface area contributed by atoms with Gasteiger partial charge < -0.3 is 9.88 Å². The zero-order chi connectivity index (χ0) is 18.5. The SMILES string of the molecule is O=C(NCCCn1cnc2ccccc21)c1cn(Cc2ccccc2)nn1. The van der Waals surface area contributed by atoms with E-state index in [-0.39, 0.29) is 5.91 Å². The molecule has 0 aliphatic heterocycles. The first-order chi connectivity index (χ1) is 13.3. The number of hydrogen-bond acceptors (Lipinski definition) is 4. The van der Waals surface area contributed by atoms with E-state index in [0.29, 0.717) is 18.8 Å². The molecule has 2 aromatic carbocycles. The van der Waals surface area contributed by atoms with Crippen LogP contribution in [0.3, 0.4) is 0 Å². The Kier molecular flexibility index (Phi) is 4.91. The summed E-state index contributed by atoms with van der Waals surface area (Å²) in [5, 5.41) is 10.9. The first kappa shape index (κ1) is 17.0. The maximum absolute atomic E-state index is 12.2. The van der Waals surface area contributed by atoms with Crippen LogP contribution in [0.15, 0.2) is 67.1 Å². The second-order valence-corrected chi connectivity index (χ2v) is 6.32. The van der Waals surface area contributed by atoms with Gasteiger partial charge in [0.1, 0.15) is 0 Å². The number of nitrogens with zero attached hydrogens (tertiary/aromatic N) is 5. The van der Waals surface area contributed by atoms with Crippen LogP contribution in [0.5, 0.6) is 0 Å². The minimum Gasteiger partial charge on any atom is -0.351 e. The van der Waals surface area contributed by atoms with Crippen molar-refractivity contribution in [1.29, 1.82) is 0 Å². The summed E-state index contributed by atoms with van der Waals surface area (Å²) in [5.74, 6) is -0.204. The van der Waals surface area contributed by atoms with Gasteiger partial charge in [-0.05, 0) is 24.1 Å². The van der Waals surface area contributed by atoms with E-state index >= 15 is 0 Å². The fourth-order valence-corrected chi connectivity index (χ4v) is 2.98. The van der Waals surface area contributed by atoms with Gasteiger partial charge in [0.2, 0.25) is 0 Å². The number of aromatic nitrogens is 5. The highest BCUT2D eigenvalue weighted by atomic mass is 16.2. The number of carbonyl (C=O) groups excluding carboxylic acids is 1. The van der Waals surface area contributed by atoms with Crippen molar-refractivity contribution < 1.29 is 4.79 Å². The quantitative estimate of drug-likeness (QED) is 0.514. The van der Waals surface area contributed by atoms with Crippen molar-refractivity contribution in [2.45, 2.75) is 19.5 Å². The Morgan fingerprint density at radius 3 is 2.74 bits per heavy atom. The van der Waals surface area contributed by atoms with Gasteiger partial charge in [0.15, 0.2) is 5.69 Å². The molecular formula is C20H20N6O. The highest BCUT2D eigenvalue weighted by Crippen LogP contribution is 2.11. The van der Waals surface area contributed by atoms with E-state index in [0.717, 1.165) is 29.6 Å². The molecule has 0 aliphatic carbocycles. The summed E-state index contributed by atoms with van der Waals surface area (Å²) in [6.07, 6.45) is 4.32. The molecule has 27 heavy (non-hydrogen) atoms. The fourth-order valence-electron chi connectivity index (χ4n) is 2.98. The molecule has 1 amide bonds. The molecule has 0 atom stereocenters. The third kappa shape index (κ3) is 4.03. The second-order valence-electron chi connectivity index (χ2n) is 6.32. The maximum atomic E-state index is 12.2. The lowest BCUT2D eigenvalue weighted by Crippen LogP contribution is -2.25. The number of rotatable bonds is 7. The minimum absolute atomic E-state index is 0.204. The van der Waals surface area contributed by atoms with E-state index in [9.17, 15) is 4.79 Å². The lowest BCUT2D eigenvalue weighted by Gasteiger charge is -2.05. The van der Waals surface area contributed by atoms with E-state index in [1.165, 1.54) is 0 Å². The first-order valence-electron chi connectivity index (χ1n) is 8.92. The summed E-state index contributed by atoms with van der Waals surface area (Å²) >= 11 is 0. The van der Waals surface area contributed by atoms with Crippen LogP contribution < -0.4 is 5.32 Å². The molecule has 136 valence electrons. The standard InChI is InChI=1S/C20H20N6O/c27-20(18-14-26(24-23-18)13-16-7-2-1-3-8-16)21-11-6-12-25-15-22-17-9-4-5-10-19(17)25/h1-5,7-10,14-15H,6,11-13H2,(H,21,27). The van der Waals surface area contributed by atoms with Crippen LogP contribution in [0.1, 0.15) is 22.5 Å². The smallest absolute Gasteiger partial charge is 0.273 e. The highest BCUT2D eigenvalue weighted by molar-refractivity contribution is 5.91. The Hall–Kier alpha value is -3.48. The Balaban J connectivity index is 1.27. The van der Waals surface area contributed by atoms with Gasteiger partial charge in [0, 0.05) is 13.1 Å². The molecule has 7 nitrogen and oxygen atoms in total. The fraction of sp³-hybridized carbons (Fsp3) is 0.200. The Morgan fingerprint density at radius 1 is 1.04 bits per heavy atom. The average Bonchev–Trinajstić information content (AvgIpc) is 3.33. The topological polar surface area (TPSA) is 77.6 Å². The predicted molar refractivity (Wildman–Crippen MR) is 102 cm³/mol. The summed E-state index contributed by atoms with van der Waals surface area (Å²) < 4.78 is 3.76. The lowest BCUT2D eigenvalue weighted by atomic mass is 10.2. The number of fused-ring (bicyclic) bond motifs is 1. The summed E-state index contributed by atoms with van der Waals surface area (Å²) in [7, 11) is 0. The third-order valence-corrected chi connectivity index (χ3v) is 4.35. The van der Waals surface area contributed by atoms with Gasteiger partial charge in [0.25, 0.3) is 5.91 Å². The van der Waals surface area contributed by atoms with Crippen LogP contribution in [0.25, 0.3) is 11.0 Å². The van der Waals surface area contributed by atoms with Gasteiger partial charge in [-0.25, -0.2) is 9.67 Å². The molecule has 4 aromatic rings. The molecule has 2 aromatic heterocycles. The van der Waals surface area contributed by atoms with Gasteiger partial charge in [-0.1, -0.05) is 47.7 Å². The number of imidazole rings is 1. The summed E-state index contributed by atoms with van der Waals surface area (Å²) in [6.45, 7) is 1.95. The van der Waals surface area contributed by atoms with Crippen LogP contribution in [-0.4, -0.2) is 37.0 Å². The molecule has 0 aliphatic rings. The van der Waals surface area contributed by atoms with Crippen LogP contribution in [0.4, 0.5) is 0 Å². The lowest BCUT2D eigenvalue weighted by molar-refractivity contribution is 0.0947. The molecule has 0 fully saturated rings. The van der Waals surface area contributed by atoms with Crippen molar-refractivity contribution in [2.75, 3.05) is 6.54 Å². The Bertz CT molecular complexity index is 1040. The number of carbonyl (C=O) groups is 1. The Labute approximate surface area is 156 Å². The first-order valence-corrected chi connectivity index (χ1v) is 8.92. The molecule has 4 rings (SSSR count). The number of hydrogen-bond donors (Lipinski definition) is 1. The van der Waals surface area contributed by atoms with Crippen LogP contribution in [0.2, 0.25) is 0 Å². The third-order valence-electron chi connectivity index (χ3n) is 4.35. The number of nitrogens with one attached hydrogen (secondary N) is 1. The van der Waals surface area contributed by atoms with Crippen molar-refractivity contribution in [1.82, 2.24) is 29.9 Å². The van der Waals surface area contributed by atoms with E-state index in [2.05, 4.69) is 25.2 Å². The van der Waals surface area contributed by atoms with Gasteiger partial charge in [-0.3, -0.25) is 4.79 Å². The molecule has 0 saturated heterocycles. The van der Waals surface area contributed by atoms with Gasteiger partial charge in [-0.15, -0.1) is 5.10 Å². The largest absolute Gasteiger partial charge is 0.351 e. The van der Waals surface area contributed by atoms with Gasteiger partial charge >= 0.3 is 0 Å². The molecule has 1 N–H and O–H groups in total. The number of amides is 1. The molecule has 0 radical (unpaired) electrons. The minimum atomic E-state index is -0.204. The van der Waals surface area contributed by atoms with Gasteiger partial charge in [-0.2, -0.15) is 0 Å². The summed E-state index contributed by atoms with van der Waals surface area (Å²) in [4.78, 5) is 16.6. The summed E-state index contributed by atoms with van der Waals surface area (Å²) in [5.41, 5.74) is 3.53. The number of benzene rings is 2. The number of aryl methyl sites for hydroxylation is 1. The second kappa shape index (κ2) is 7.82. The molecule has 0 unspecified atom stereocenters. The average molecular weight is 360 g/mol. The zero-order valence-corrected chi connectivity index (χ0v) is 14.8. The van der Waals surface area contributed by atoms with E-state index in [1.54, 1.807) is 10.9 Å². The zero-order valence-electron chi connectivity index (χ0n) is 14.8. The summed E-state index contributed by atoms with van der Waals surface area (Å²) in [6, 6.07) is 18.0. The molecule has 7 heteroatoms. The molecule has 0 saturated carbocycles. The van der Waals surface area contributed by atoms with E-state index in [1.807, 2.05) is 60.9 Å². The van der Waals surface area contributed by atoms with E-state index < -0.39 is 0 Å². The molecule has 2 heterocycles. The molecule has 0 bridgehead atoms. The van der Waals surface area contributed by atoms with Crippen molar-refractivity contribution in [2.24, 2.45) is 0 Å². The normalized spacial score (nSPS) is 11.0. The van der Waals surface area contributed by atoms with Crippen molar-refractivity contribution in [3.8, 4) is 0 Å². The molecular weight excluding hydrogens is 340 g/mol. The number of para-hydroxylation sites is 2. The maximum Gasteiger partial charge on any atom is 0.273 e. The van der Waals surface area contributed by atoms with Crippen molar-refractivity contribution in [3.05, 3.63) is 78.4 Å². The van der Waals surface area contributed by atoms with Crippen molar-refractivity contribution >= 4 is 16.9 Å². The van der Waals surface area contributed by atoms with Crippen molar-refractivity contribution in [3.63, 3.8) is 0 Å². The highest BCUT2D eigenvalue weighted by Gasteiger charge is 2.10. The van der Waals surface area contributed by atoms with Crippen LogP contribution >= 0.6 is 0 Å². The molecule has 0 spiro atoms. The van der Waals surface area contributed by atoms with Crippen LogP contribution in [0, 0.1) is 0 Å². The van der Waals surface area contributed by atoms with Gasteiger partial charge in [0.05, 0.1) is 30.1 Å². The predicted octanol–water partition coefficient (Wildman–Crippen LogP) is 2.50. The Morgan fingerprint density at radius 2 is 1.85 bits per heavy atom.